The normalized spacial score (nSPS) is 52.0. The molecule has 0 bridgehead atoms. The summed E-state index contributed by atoms with van der Waals surface area (Å²) in [7, 11) is 0. The lowest BCUT2D eigenvalue weighted by atomic mass is 9.32. The van der Waals surface area contributed by atoms with Gasteiger partial charge in [-0.1, -0.05) is 39.8 Å². The summed E-state index contributed by atoms with van der Waals surface area (Å²) >= 11 is 0. The number of fused-ring (bicyclic) bond motifs is 7. The van der Waals surface area contributed by atoms with Crippen molar-refractivity contribution >= 4 is 11.7 Å². The average Bonchev–Trinajstić information content (AvgIpc) is 3.21. The van der Waals surface area contributed by atoms with Crippen LogP contribution in [0.3, 0.4) is 0 Å². The molecule has 5 fully saturated rings. The van der Waals surface area contributed by atoms with Gasteiger partial charge in [-0.05, 0) is 122 Å². The smallest absolute Gasteiger partial charge is 0.302 e. The van der Waals surface area contributed by atoms with Crippen LogP contribution in [0, 0.1) is 62.1 Å². The number of nitrogens with one attached hydrogen (secondary N) is 1. The van der Waals surface area contributed by atoms with Crippen molar-refractivity contribution < 1.29 is 14.6 Å². The van der Waals surface area contributed by atoms with Crippen molar-refractivity contribution in [3.05, 3.63) is 12.2 Å². The van der Waals surface area contributed by atoms with Crippen molar-refractivity contribution in [1.29, 1.82) is 5.41 Å². The Labute approximate surface area is 219 Å². The Bertz CT molecular complexity index is 959. The SMILES string of the molecule is C=C(C)[C@@H]1CC[C@]2(CO)CC[C@]3(C)[C@H](CC[C@@H]4[C@@]5(C)CCC(=N)C(C)(COC(C)=O)[C@@H]5CC[C@]43C)[C@@H]12. The first-order valence-corrected chi connectivity index (χ1v) is 14.8. The molecular weight excluding hydrogens is 446 g/mol. The number of aliphatic hydroxyl groups is 1. The minimum Gasteiger partial charge on any atom is -0.465 e. The van der Waals surface area contributed by atoms with Crippen LogP contribution in [0.4, 0.5) is 0 Å². The van der Waals surface area contributed by atoms with E-state index in [1.165, 1.54) is 44.6 Å². The fourth-order valence-corrected chi connectivity index (χ4v) is 11.6. The maximum atomic E-state index is 11.8. The zero-order valence-corrected chi connectivity index (χ0v) is 23.8. The molecule has 36 heavy (non-hydrogen) atoms. The van der Waals surface area contributed by atoms with E-state index in [4.69, 9.17) is 10.1 Å². The second-order valence-electron chi connectivity index (χ2n) is 14.9. The van der Waals surface area contributed by atoms with E-state index in [2.05, 4.69) is 41.2 Å². The predicted octanol–water partition coefficient (Wildman–Crippen LogP) is 7.20. The van der Waals surface area contributed by atoms with Gasteiger partial charge in [0.25, 0.3) is 0 Å². The molecule has 0 aromatic heterocycles. The van der Waals surface area contributed by atoms with Crippen LogP contribution in [0.25, 0.3) is 0 Å². The molecule has 4 nitrogen and oxygen atoms in total. The molecule has 0 spiro atoms. The summed E-state index contributed by atoms with van der Waals surface area (Å²) in [5.74, 6) is 2.55. The van der Waals surface area contributed by atoms with E-state index in [0.29, 0.717) is 42.8 Å². The van der Waals surface area contributed by atoms with Crippen LogP contribution in [0.5, 0.6) is 0 Å². The fraction of sp³-hybridized carbons (Fsp3) is 0.875. The lowest BCUT2D eigenvalue weighted by Gasteiger charge is -2.72. The van der Waals surface area contributed by atoms with Crippen molar-refractivity contribution in [2.45, 2.75) is 106 Å². The molecule has 0 heterocycles. The second-order valence-corrected chi connectivity index (χ2v) is 14.9. The van der Waals surface area contributed by atoms with E-state index in [-0.39, 0.29) is 33.0 Å². The van der Waals surface area contributed by atoms with Crippen molar-refractivity contribution in [3.8, 4) is 0 Å². The standard InChI is InChI=1S/C32H51NO3/c1-20(2)22-10-15-32(18-34)17-16-30(6)23(27(22)32)8-9-25-28(4)13-12-26(33)29(5,19-36-21(3)35)24(28)11-14-31(25,30)7/h22-25,27,33-34H,1,8-19H2,2-7H3/t22-,23+,24+,25+,27+,28-,29?,30+,31+,32+/m0/s1. The van der Waals surface area contributed by atoms with E-state index in [0.717, 1.165) is 37.8 Å². The second kappa shape index (κ2) is 8.42. The third-order valence-electron chi connectivity index (χ3n) is 13.8. The third kappa shape index (κ3) is 3.27. The van der Waals surface area contributed by atoms with Gasteiger partial charge in [0.2, 0.25) is 0 Å². The highest BCUT2D eigenvalue weighted by molar-refractivity contribution is 5.89. The summed E-state index contributed by atoms with van der Waals surface area (Å²) in [6, 6.07) is 0. The number of carbonyl (C=O) groups is 1. The molecule has 0 radical (unpaired) electrons. The van der Waals surface area contributed by atoms with E-state index >= 15 is 0 Å². The number of carbonyl (C=O) groups excluding carboxylic acids is 1. The molecule has 5 aliphatic carbocycles. The number of esters is 1. The quantitative estimate of drug-likeness (QED) is 0.319. The van der Waals surface area contributed by atoms with Gasteiger partial charge in [0.05, 0.1) is 0 Å². The number of hydrogen-bond donors (Lipinski definition) is 2. The van der Waals surface area contributed by atoms with Gasteiger partial charge in [-0.3, -0.25) is 4.79 Å². The van der Waals surface area contributed by atoms with Gasteiger partial charge in [0, 0.05) is 24.7 Å². The Morgan fingerprint density at radius 1 is 0.972 bits per heavy atom. The van der Waals surface area contributed by atoms with Gasteiger partial charge in [-0.2, -0.15) is 0 Å². The summed E-state index contributed by atoms with van der Waals surface area (Å²) in [4.78, 5) is 11.8. The topological polar surface area (TPSA) is 70.4 Å². The van der Waals surface area contributed by atoms with E-state index in [1.54, 1.807) is 0 Å². The first kappa shape index (κ1) is 26.4. The summed E-state index contributed by atoms with van der Waals surface area (Å²) < 4.78 is 5.61. The lowest BCUT2D eigenvalue weighted by Crippen LogP contribution is -2.67. The number of ether oxygens (including phenoxy) is 1. The maximum Gasteiger partial charge on any atom is 0.302 e. The fourth-order valence-electron chi connectivity index (χ4n) is 11.6. The minimum absolute atomic E-state index is 0.0978. The predicted molar refractivity (Wildman–Crippen MR) is 145 cm³/mol. The Balaban J connectivity index is 1.52. The highest BCUT2D eigenvalue weighted by atomic mass is 16.5. The Morgan fingerprint density at radius 2 is 1.69 bits per heavy atom. The molecule has 0 amide bonds. The van der Waals surface area contributed by atoms with Crippen molar-refractivity contribution in [2.75, 3.05) is 13.2 Å². The molecule has 4 heteroatoms. The zero-order chi connectivity index (χ0) is 26.3. The molecule has 0 saturated heterocycles. The highest BCUT2D eigenvalue weighted by Gasteiger charge is 2.71. The zero-order valence-electron chi connectivity index (χ0n) is 23.8. The molecule has 5 rings (SSSR count). The molecule has 5 saturated carbocycles. The van der Waals surface area contributed by atoms with Crippen molar-refractivity contribution in [1.82, 2.24) is 0 Å². The van der Waals surface area contributed by atoms with Crippen LogP contribution in [-0.4, -0.2) is 30.0 Å². The van der Waals surface area contributed by atoms with Gasteiger partial charge in [-0.25, -0.2) is 0 Å². The van der Waals surface area contributed by atoms with Gasteiger partial charge in [0.15, 0.2) is 0 Å². The molecule has 0 aromatic rings. The number of rotatable bonds is 4. The molecule has 1 unspecified atom stereocenters. The minimum atomic E-state index is -0.354. The van der Waals surface area contributed by atoms with Crippen LogP contribution < -0.4 is 0 Å². The van der Waals surface area contributed by atoms with E-state index in [9.17, 15) is 9.90 Å². The van der Waals surface area contributed by atoms with Crippen LogP contribution in [0.2, 0.25) is 0 Å². The number of allylic oxidation sites excluding steroid dienone is 1. The Hall–Kier alpha value is -1.16. The van der Waals surface area contributed by atoms with Crippen LogP contribution in [0.15, 0.2) is 12.2 Å². The summed E-state index contributed by atoms with van der Waals surface area (Å²) in [6.45, 7) is 18.9. The first-order valence-electron chi connectivity index (χ1n) is 14.8. The number of hydrogen-bond acceptors (Lipinski definition) is 4. The molecule has 5 aliphatic rings. The van der Waals surface area contributed by atoms with Crippen molar-refractivity contribution in [3.63, 3.8) is 0 Å². The largest absolute Gasteiger partial charge is 0.465 e. The maximum absolute atomic E-state index is 11.8. The van der Waals surface area contributed by atoms with Crippen LogP contribution in [0.1, 0.15) is 106 Å². The lowest BCUT2D eigenvalue weighted by molar-refractivity contribution is -0.233. The number of aliphatic hydroxyl groups excluding tert-OH is 1. The monoisotopic (exact) mass is 497 g/mol. The summed E-state index contributed by atoms with van der Waals surface area (Å²) in [5, 5.41) is 19.6. The van der Waals surface area contributed by atoms with E-state index < -0.39 is 0 Å². The highest BCUT2D eigenvalue weighted by Crippen LogP contribution is 2.77. The van der Waals surface area contributed by atoms with Crippen molar-refractivity contribution in [2.24, 2.45) is 56.7 Å². The van der Waals surface area contributed by atoms with Gasteiger partial charge < -0.3 is 15.3 Å². The Kier molecular flexibility index (Phi) is 6.18. The molecule has 10 atom stereocenters. The molecule has 0 aromatic carbocycles. The molecule has 0 aliphatic heterocycles. The Morgan fingerprint density at radius 3 is 2.33 bits per heavy atom. The van der Waals surface area contributed by atoms with Crippen LogP contribution >= 0.6 is 0 Å². The van der Waals surface area contributed by atoms with Crippen LogP contribution in [-0.2, 0) is 9.53 Å². The molecule has 202 valence electrons. The molecule has 2 N–H and O–H groups in total. The summed E-state index contributed by atoms with van der Waals surface area (Å²) in [5.41, 5.74) is 2.54. The molecular formula is C32H51NO3. The van der Waals surface area contributed by atoms with E-state index in [1.807, 2.05) is 0 Å². The van der Waals surface area contributed by atoms with Gasteiger partial charge in [0.1, 0.15) is 6.61 Å². The van der Waals surface area contributed by atoms with Gasteiger partial charge >= 0.3 is 5.97 Å². The van der Waals surface area contributed by atoms with Gasteiger partial charge in [-0.15, -0.1) is 0 Å². The first-order chi connectivity index (χ1) is 16.8. The summed E-state index contributed by atoms with van der Waals surface area (Å²) in [6.07, 6.45) is 11.5. The third-order valence-corrected chi connectivity index (χ3v) is 13.8. The average molecular weight is 498 g/mol.